The summed E-state index contributed by atoms with van der Waals surface area (Å²) in [5.41, 5.74) is 1.91. The number of anilines is 1. The average molecular weight is 350 g/mol. The second-order valence-corrected chi connectivity index (χ2v) is 5.81. The minimum atomic E-state index is -0.0331. The molecule has 1 aromatic heterocycles. The monoisotopic (exact) mass is 349 g/mol. The van der Waals surface area contributed by atoms with Gasteiger partial charge in [-0.1, -0.05) is 28.9 Å². The Morgan fingerprint density at radius 2 is 2.14 bits per heavy atom. The van der Waals surface area contributed by atoms with Gasteiger partial charge < -0.3 is 15.2 Å². The molecule has 1 unspecified atom stereocenters. The third-order valence-corrected chi connectivity index (χ3v) is 3.73. The SMILES string of the molecule is CCNC(C)c1cccn1CC(=O)Nc1cccc(Br)c1. The van der Waals surface area contributed by atoms with Crippen molar-refractivity contribution in [2.24, 2.45) is 0 Å². The molecule has 1 heterocycles. The molecule has 2 N–H and O–H groups in total. The number of carbonyl (C=O) groups excluding carboxylic acids is 1. The van der Waals surface area contributed by atoms with Gasteiger partial charge in [-0.2, -0.15) is 0 Å². The number of aromatic nitrogens is 1. The lowest BCUT2D eigenvalue weighted by Gasteiger charge is -2.16. The maximum Gasteiger partial charge on any atom is 0.244 e. The smallest absolute Gasteiger partial charge is 0.244 e. The molecule has 1 atom stereocenters. The Hall–Kier alpha value is -1.59. The Morgan fingerprint density at radius 3 is 2.86 bits per heavy atom. The van der Waals surface area contributed by atoms with Gasteiger partial charge in [-0.05, 0) is 43.8 Å². The van der Waals surface area contributed by atoms with Crippen LogP contribution in [0.2, 0.25) is 0 Å². The fourth-order valence-corrected chi connectivity index (χ4v) is 2.70. The zero-order chi connectivity index (χ0) is 15.2. The van der Waals surface area contributed by atoms with E-state index < -0.39 is 0 Å². The predicted octanol–water partition coefficient (Wildman–Crippen LogP) is 3.56. The van der Waals surface area contributed by atoms with Crippen LogP contribution in [0.5, 0.6) is 0 Å². The highest BCUT2D eigenvalue weighted by Crippen LogP contribution is 2.16. The van der Waals surface area contributed by atoms with Gasteiger partial charge in [0.2, 0.25) is 5.91 Å². The molecule has 0 saturated carbocycles. The lowest BCUT2D eigenvalue weighted by Crippen LogP contribution is -2.24. The first-order chi connectivity index (χ1) is 10.1. The molecule has 2 rings (SSSR count). The molecule has 0 aliphatic heterocycles. The van der Waals surface area contributed by atoms with Gasteiger partial charge in [0, 0.05) is 28.1 Å². The van der Waals surface area contributed by atoms with E-state index in [1.807, 2.05) is 47.2 Å². The van der Waals surface area contributed by atoms with Crippen LogP contribution in [0.1, 0.15) is 25.6 Å². The molecular formula is C16H20BrN3O. The summed E-state index contributed by atoms with van der Waals surface area (Å²) in [5.74, 6) is -0.0331. The van der Waals surface area contributed by atoms with E-state index in [1.165, 1.54) is 0 Å². The highest BCUT2D eigenvalue weighted by molar-refractivity contribution is 9.10. The summed E-state index contributed by atoms with van der Waals surface area (Å²) in [7, 11) is 0. The van der Waals surface area contributed by atoms with Gasteiger partial charge in [-0.15, -0.1) is 0 Å². The van der Waals surface area contributed by atoms with Gasteiger partial charge in [0.05, 0.1) is 0 Å². The van der Waals surface area contributed by atoms with Gasteiger partial charge in [-0.3, -0.25) is 4.79 Å². The van der Waals surface area contributed by atoms with Crippen LogP contribution in [0.15, 0.2) is 47.1 Å². The molecule has 4 nitrogen and oxygen atoms in total. The van der Waals surface area contributed by atoms with E-state index in [-0.39, 0.29) is 11.9 Å². The molecule has 112 valence electrons. The molecule has 1 amide bonds. The van der Waals surface area contributed by atoms with Crippen molar-refractivity contribution in [3.05, 3.63) is 52.8 Å². The highest BCUT2D eigenvalue weighted by Gasteiger charge is 2.11. The summed E-state index contributed by atoms with van der Waals surface area (Å²) in [5, 5.41) is 6.27. The summed E-state index contributed by atoms with van der Waals surface area (Å²) in [6, 6.07) is 11.8. The van der Waals surface area contributed by atoms with E-state index in [0.29, 0.717) is 6.54 Å². The van der Waals surface area contributed by atoms with E-state index in [2.05, 4.69) is 40.4 Å². The molecule has 0 radical (unpaired) electrons. The van der Waals surface area contributed by atoms with E-state index in [1.54, 1.807) is 0 Å². The molecule has 0 aliphatic rings. The maximum atomic E-state index is 12.2. The second kappa shape index (κ2) is 7.43. The van der Waals surface area contributed by atoms with Gasteiger partial charge in [-0.25, -0.2) is 0 Å². The van der Waals surface area contributed by atoms with Crippen molar-refractivity contribution in [3.63, 3.8) is 0 Å². The number of halogens is 1. The van der Waals surface area contributed by atoms with Crippen LogP contribution in [0, 0.1) is 0 Å². The van der Waals surface area contributed by atoms with Crippen LogP contribution in [-0.2, 0) is 11.3 Å². The van der Waals surface area contributed by atoms with Crippen molar-refractivity contribution in [3.8, 4) is 0 Å². The Bertz CT molecular complexity index is 609. The summed E-state index contributed by atoms with van der Waals surface area (Å²) in [4.78, 5) is 12.2. The number of benzene rings is 1. The topological polar surface area (TPSA) is 46.1 Å². The summed E-state index contributed by atoms with van der Waals surface area (Å²) >= 11 is 3.40. The van der Waals surface area contributed by atoms with Crippen LogP contribution in [0.4, 0.5) is 5.69 Å². The fourth-order valence-electron chi connectivity index (χ4n) is 2.30. The maximum absolute atomic E-state index is 12.2. The lowest BCUT2D eigenvalue weighted by molar-refractivity contribution is -0.116. The fraction of sp³-hybridized carbons (Fsp3) is 0.312. The molecule has 0 fully saturated rings. The summed E-state index contributed by atoms with van der Waals surface area (Å²) in [6.45, 7) is 5.38. The van der Waals surface area contributed by atoms with Crippen LogP contribution >= 0.6 is 15.9 Å². The van der Waals surface area contributed by atoms with Crippen molar-refractivity contribution in [2.45, 2.75) is 26.4 Å². The van der Waals surface area contributed by atoms with E-state index >= 15 is 0 Å². The van der Waals surface area contributed by atoms with Crippen LogP contribution in [0.3, 0.4) is 0 Å². The number of rotatable bonds is 6. The largest absolute Gasteiger partial charge is 0.341 e. The minimum Gasteiger partial charge on any atom is -0.341 e. The first kappa shape index (κ1) is 15.8. The van der Waals surface area contributed by atoms with Crippen LogP contribution in [0.25, 0.3) is 0 Å². The lowest BCUT2D eigenvalue weighted by atomic mass is 10.2. The number of nitrogens with zero attached hydrogens (tertiary/aromatic N) is 1. The molecule has 0 bridgehead atoms. The van der Waals surface area contributed by atoms with Crippen molar-refractivity contribution >= 4 is 27.5 Å². The zero-order valence-electron chi connectivity index (χ0n) is 12.3. The molecule has 1 aromatic carbocycles. The molecule has 0 saturated heterocycles. The molecule has 2 aromatic rings. The second-order valence-electron chi connectivity index (χ2n) is 4.90. The van der Waals surface area contributed by atoms with E-state index in [4.69, 9.17) is 0 Å². The first-order valence-corrected chi connectivity index (χ1v) is 7.83. The number of amides is 1. The third kappa shape index (κ3) is 4.44. The van der Waals surface area contributed by atoms with Crippen molar-refractivity contribution in [2.75, 3.05) is 11.9 Å². The van der Waals surface area contributed by atoms with Gasteiger partial charge in [0.15, 0.2) is 0 Å². The van der Waals surface area contributed by atoms with Crippen LogP contribution in [-0.4, -0.2) is 17.0 Å². The normalized spacial score (nSPS) is 12.1. The van der Waals surface area contributed by atoms with E-state index in [0.717, 1.165) is 22.4 Å². The number of nitrogens with one attached hydrogen (secondary N) is 2. The highest BCUT2D eigenvalue weighted by atomic mass is 79.9. The van der Waals surface area contributed by atoms with Crippen LogP contribution < -0.4 is 10.6 Å². The van der Waals surface area contributed by atoms with E-state index in [9.17, 15) is 4.79 Å². The quantitative estimate of drug-likeness (QED) is 0.837. The van der Waals surface area contributed by atoms with Crippen molar-refractivity contribution < 1.29 is 4.79 Å². The third-order valence-electron chi connectivity index (χ3n) is 3.24. The minimum absolute atomic E-state index is 0.0331. The average Bonchev–Trinajstić information content (AvgIpc) is 2.87. The van der Waals surface area contributed by atoms with Crippen molar-refractivity contribution in [1.29, 1.82) is 0 Å². The van der Waals surface area contributed by atoms with Gasteiger partial charge >= 0.3 is 0 Å². The Morgan fingerprint density at radius 1 is 1.33 bits per heavy atom. The zero-order valence-corrected chi connectivity index (χ0v) is 13.9. The molecule has 5 heteroatoms. The van der Waals surface area contributed by atoms with Gasteiger partial charge in [0.25, 0.3) is 0 Å². The van der Waals surface area contributed by atoms with Gasteiger partial charge in [0.1, 0.15) is 6.54 Å². The van der Waals surface area contributed by atoms with Crippen molar-refractivity contribution in [1.82, 2.24) is 9.88 Å². The predicted molar refractivity (Wildman–Crippen MR) is 89.3 cm³/mol. The molecule has 21 heavy (non-hydrogen) atoms. The number of hydrogen-bond donors (Lipinski definition) is 2. The Balaban J connectivity index is 2.02. The Labute approximate surface area is 133 Å². The molecule has 0 spiro atoms. The Kier molecular flexibility index (Phi) is 5.59. The first-order valence-electron chi connectivity index (χ1n) is 7.04. The number of carbonyl (C=O) groups is 1. The molecular weight excluding hydrogens is 330 g/mol. The standard InChI is InChI=1S/C16H20BrN3O/c1-3-18-12(2)15-8-5-9-20(15)11-16(21)19-14-7-4-6-13(17)10-14/h4-10,12,18H,3,11H2,1-2H3,(H,19,21). The summed E-state index contributed by atoms with van der Waals surface area (Å²) < 4.78 is 2.92. The number of hydrogen-bond acceptors (Lipinski definition) is 2. The summed E-state index contributed by atoms with van der Waals surface area (Å²) in [6.07, 6.45) is 1.93. The molecule has 0 aliphatic carbocycles.